The van der Waals surface area contributed by atoms with Crippen molar-refractivity contribution in [1.82, 2.24) is 24.1 Å². The second kappa shape index (κ2) is 7.98. The molecular weight excluding hydrogens is 490 g/mol. The predicted molar refractivity (Wildman–Crippen MR) is 164 cm³/mol. The van der Waals surface area contributed by atoms with E-state index in [2.05, 4.69) is 94.1 Å². The molecule has 0 amide bonds. The third kappa shape index (κ3) is 2.78. The van der Waals surface area contributed by atoms with E-state index in [4.69, 9.17) is 15.0 Å². The van der Waals surface area contributed by atoms with Gasteiger partial charge in [-0.2, -0.15) is 0 Å². The first-order chi connectivity index (χ1) is 19.9. The smallest absolute Gasteiger partial charge is 0.235 e. The highest BCUT2D eigenvalue weighted by atomic mass is 15.2. The Kier molecular flexibility index (Phi) is 4.27. The van der Waals surface area contributed by atoms with Crippen molar-refractivity contribution in [3.63, 3.8) is 0 Å². The van der Waals surface area contributed by atoms with E-state index >= 15 is 0 Å². The SMILES string of the molecule is c1ccc(-n2c3ccccc3c3c4cccnc4c4c5ccccc5n(-c5ncc6ccccc6n5)c4c32)cc1. The third-order valence-electron chi connectivity index (χ3n) is 7.98. The molecule has 5 heteroatoms. The van der Waals surface area contributed by atoms with Crippen LogP contribution in [0, 0.1) is 0 Å². The van der Waals surface area contributed by atoms with Crippen molar-refractivity contribution in [3.8, 4) is 11.6 Å². The monoisotopic (exact) mass is 511 g/mol. The average Bonchev–Trinajstić information content (AvgIpc) is 3.55. The Labute approximate surface area is 228 Å². The number of aromatic nitrogens is 5. The van der Waals surface area contributed by atoms with Crippen LogP contribution >= 0.6 is 0 Å². The van der Waals surface area contributed by atoms with Crippen LogP contribution in [0.3, 0.4) is 0 Å². The summed E-state index contributed by atoms with van der Waals surface area (Å²) in [6.45, 7) is 0. The van der Waals surface area contributed by atoms with Crippen molar-refractivity contribution in [2.45, 2.75) is 0 Å². The number of benzene rings is 5. The molecule has 0 aliphatic heterocycles. The molecule has 0 saturated heterocycles. The van der Waals surface area contributed by atoms with E-state index in [0.717, 1.165) is 60.3 Å². The molecule has 0 aliphatic carbocycles. The fourth-order valence-corrected chi connectivity index (χ4v) is 6.37. The van der Waals surface area contributed by atoms with E-state index in [1.807, 2.05) is 42.7 Å². The summed E-state index contributed by atoms with van der Waals surface area (Å²) in [6, 6.07) is 40.1. The summed E-state index contributed by atoms with van der Waals surface area (Å²) in [4.78, 5) is 15.0. The molecule has 0 radical (unpaired) electrons. The Balaban J connectivity index is 1.63. The normalized spacial score (nSPS) is 12.0. The molecule has 0 saturated carbocycles. The molecule has 0 spiro atoms. The van der Waals surface area contributed by atoms with Crippen LogP contribution in [0.2, 0.25) is 0 Å². The van der Waals surface area contributed by atoms with Crippen LogP contribution in [0.1, 0.15) is 0 Å². The van der Waals surface area contributed by atoms with Crippen LogP contribution in [0.25, 0.3) is 77.1 Å². The minimum Gasteiger partial charge on any atom is -0.307 e. The molecule has 4 aromatic heterocycles. The number of hydrogen-bond acceptors (Lipinski definition) is 3. The van der Waals surface area contributed by atoms with Crippen molar-refractivity contribution < 1.29 is 0 Å². The number of para-hydroxylation sites is 4. The summed E-state index contributed by atoms with van der Waals surface area (Å²) in [5.74, 6) is 0.645. The molecule has 4 heterocycles. The predicted octanol–water partition coefficient (Wildman–Crippen LogP) is 8.37. The highest BCUT2D eigenvalue weighted by Crippen LogP contribution is 2.45. The molecule has 40 heavy (non-hydrogen) atoms. The van der Waals surface area contributed by atoms with Crippen LogP contribution in [-0.4, -0.2) is 24.1 Å². The lowest BCUT2D eigenvalue weighted by molar-refractivity contribution is 1.01. The first-order valence-electron chi connectivity index (χ1n) is 13.4. The van der Waals surface area contributed by atoms with Crippen molar-refractivity contribution in [2.75, 3.05) is 0 Å². The zero-order valence-electron chi connectivity index (χ0n) is 21.4. The molecule has 0 aliphatic rings. The maximum absolute atomic E-state index is 5.08. The molecule has 9 aromatic rings. The summed E-state index contributed by atoms with van der Waals surface area (Å²) in [7, 11) is 0. The van der Waals surface area contributed by atoms with Gasteiger partial charge in [0.15, 0.2) is 0 Å². The summed E-state index contributed by atoms with van der Waals surface area (Å²) < 4.78 is 4.61. The van der Waals surface area contributed by atoms with E-state index < -0.39 is 0 Å². The van der Waals surface area contributed by atoms with Gasteiger partial charge in [-0.15, -0.1) is 0 Å². The second-order valence-corrected chi connectivity index (χ2v) is 10.1. The number of pyridine rings is 1. The van der Waals surface area contributed by atoms with Gasteiger partial charge in [0, 0.05) is 50.4 Å². The Hall–Kier alpha value is -5.55. The average molecular weight is 512 g/mol. The summed E-state index contributed by atoms with van der Waals surface area (Å²) in [5.41, 5.74) is 7.38. The Morgan fingerprint density at radius 3 is 2.00 bits per heavy atom. The van der Waals surface area contributed by atoms with E-state index in [1.165, 1.54) is 10.8 Å². The Morgan fingerprint density at radius 1 is 0.500 bits per heavy atom. The molecule has 5 nitrogen and oxygen atoms in total. The molecular formula is C35H21N5. The van der Waals surface area contributed by atoms with Gasteiger partial charge in [-0.3, -0.25) is 9.55 Å². The summed E-state index contributed by atoms with van der Waals surface area (Å²) in [6.07, 6.45) is 3.81. The number of rotatable bonds is 2. The molecule has 0 bridgehead atoms. The van der Waals surface area contributed by atoms with Gasteiger partial charge in [0.25, 0.3) is 0 Å². The Bertz CT molecular complexity index is 2430. The van der Waals surface area contributed by atoms with Crippen molar-refractivity contribution in [2.24, 2.45) is 0 Å². The number of nitrogens with zero attached hydrogens (tertiary/aromatic N) is 5. The molecule has 0 atom stereocenters. The van der Waals surface area contributed by atoms with E-state index in [-0.39, 0.29) is 0 Å². The summed E-state index contributed by atoms with van der Waals surface area (Å²) >= 11 is 0. The van der Waals surface area contributed by atoms with Gasteiger partial charge in [-0.05, 0) is 36.4 Å². The lowest BCUT2D eigenvalue weighted by Gasteiger charge is -2.13. The molecule has 186 valence electrons. The van der Waals surface area contributed by atoms with Gasteiger partial charge in [-0.25, -0.2) is 9.97 Å². The van der Waals surface area contributed by atoms with E-state index in [0.29, 0.717) is 5.95 Å². The topological polar surface area (TPSA) is 48.5 Å². The first-order valence-corrected chi connectivity index (χ1v) is 13.4. The molecule has 0 unspecified atom stereocenters. The maximum Gasteiger partial charge on any atom is 0.235 e. The van der Waals surface area contributed by atoms with Crippen LogP contribution in [0.4, 0.5) is 0 Å². The van der Waals surface area contributed by atoms with Crippen molar-refractivity contribution in [1.29, 1.82) is 0 Å². The fraction of sp³-hybridized carbons (Fsp3) is 0. The first kappa shape index (κ1) is 21.4. The minimum atomic E-state index is 0.645. The van der Waals surface area contributed by atoms with Gasteiger partial charge < -0.3 is 4.57 Å². The van der Waals surface area contributed by atoms with E-state index in [9.17, 15) is 0 Å². The lowest BCUT2D eigenvalue weighted by atomic mass is 10.0. The highest BCUT2D eigenvalue weighted by Gasteiger charge is 2.25. The zero-order chi connectivity index (χ0) is 26.2. The zero-order valence-corrected chi connectivity index (χ0v) is 21.4. The number of hydrogen-bond donors (Lipinski definition) is 0. The van der Waals surface area contributed by atoms with Gasteiger partial charge in [0.1, 0.15) is 0 Å². The summed E-state index contributed by atoms with van der Waals surface area (Å²) in [5, 5.41) is 6.76. The minimum absolute atomic E-state index is 0.645. The van der Waals surface area contributed by atoms with Crippen molar-refractivity contribution in [3.05, 3.63) is 128 Å². The Morgan fingerprint density at radius 2 is 1.15 bits per heavy atom. The number of fused-ring (bicyclic) bond motifs is 11. The van der Waals surface area contributed by atoms with Gasteiger partial charge >= 0.3 is 0 Å². The largest absolute Gasteiger partial charge is 0.307 e. The maximum atomic E-state index is 5.08. The van der Waals surface area contributed by atoms with Crippen LogP contribution in [0.15, 0.2) is 128 Å². The molecule has 0 fully saturated rings. The standard InChI is InChI=1S/C35H21N5/c1-2-12-23(13-3-1)39-28-18-8-5-14-24(28)30-26-16-10-20-36-32(26)31-25-15-6-9-19-29(25)40(34(31)33(30)39)35-37-21-22-11-4-7-17-27(22)38-35/h1-21H. The van der Waals surface area contributed by atoms with E-state index in [1.54, 1.807) is 0 Å². The van der Waals surface area contributed by atoms with Crippen LogP contribution in [-0.2, 0) is 0 Å². The van der Waals surface area contributed by atoms with Gasteiger partial charge in [0.2, 0.25) is 5.95 Å². The van der Waals surface area contributed by atoms with Gasteiger partial charge in [-0.1, -0.05) is 78.9 Å². The van der Waals surface area contributed by atoms with Crippen LogP contribution in [0.5, 0.6) is 0 Å². The van der Waals surface area contributed by atoms with Gasteiger partial charge in [0.05, 0.1) is 33.1 Å². The molecule has 5 aromatic carbocycles. The second-order valence-electron chi connectivity index (χ2n) is 10.1. The third-order valence-corrected chi connectivity index (χ3v) is 7.98. The quantitative estimate of drug-likeness (QED) is 0.234. The fourth-order valence-electron chi connectivity index (χ4n) is 6.37. The van der Waals surface area contributed by atoms with Crippen molar-refractivity contribution >= 4 is 65.4 Å². The molecule has 9 rings (SSSR count). The highest BCUT2D eigenvalue weighted by molar-refractivity contribution is 6.35. The molecule has 0 N–H and O–H groups in total. The van der Waals surface area contributed by atoms with Crippen LogP contribution < -0.4 is 0 Å². The lowest BCUT2D eigenvalue weighted by Crippen LogP contribution is -2.03.